The number of hydrogen-bond donors (Lipinski definition) is 1. The molecule has 0 fully saturated rings. The summed E-state index contributed by atoms with van der Waals surface area (Å²) in [5, 5.41) is 2.23. The van der Waals surface area contributed by atoms with Crippen molar-refractivity contribution in [1.82, 2.24) is 0 Å². The summed E-state index contributed by atoms with van der Waals surface area (Å²) >= 11 is 5.99. The van der Waals surface area contributed by atoms with Gasteiger partial charge in [0.15, 0.2) is 11.5 Å². The minimum absolute atomic E-state index is 0.105. The number of amides is 1. The van der Waals surface area contributed by atoms with Crippen LogP contribution in [0, 0.1) is 0 Å². The minimum atomic E-state index is -4.63. The smallest absolute Gasteiger partial charge is 0.416 e. The van der Waals surface area contributed by atoms with E-state index < -0.39 is 29.7 Å². The summed E-state index contributed by atoms with van der Waals surface area (Å²) in [5.41, 5.74) is -0.835. The molecule has 34 heavy (non-hydrogen) atoms. The van der Waals surface area contributed by atoms with Crippen LogP contribution in [0.25, 0.3) is 0 Å². The molecule has 176 valence electrons. The molecule has 1 N–H and O–H groups in total. The van der Waals surface area contributed by atoms with Gasteiger partial charge in [0, 0.05) is 5.56 Å². The van der Waals surface area contributed by atoms with Crippen molar-refractivity contribution in [3.05, 3.63) is 88.4 Å². The molecule has 0 bridgehead atoms. The second kappa shape index (κ2) is 9.64. The first-order valence-electron chi connectivity index (χ1n) is 10.1. The molecule has 1 atom stereocenters. The number of nitrogens with one attached hydrogen (secondary N) is 1. The van der Waals surface area contributed by atoms with Crippen molar-refractivity contribution in [2.75, 3.05) is 18.5 Å². The number of carbonyl (C=O) groups is 2. The van der Waals surface area contributed by atoms with Gasteiger partial charge in [-0.2, -0.15) is 13.2 Å². The van der Waals surface area contributed by atoms with Crippen molar-refractivity contribution in [1.29, 1.82) is 0 Å². The van der Waals surface area contributed by atoms with E-state index in [0.717, 1.165) is 12.1 Å². The summed E-state index contributed by atoms with van der Waals surface area (Å²) in [7, 11) is 0. The maximum Gasteiger partial charge on any atom is 0.416 e. The summed E-state index contributed by atoms with van der Waals surface area (Å²) in [6, 6.07) is 15.0. The Balaban J connectivity index is 1.60. The van der Waals surface area contributed by atoms with Gasteiger partial charge in [0.2, 0.25) is 6.10 Å². The first kappa shape index (κ1) is 23.4. The molecule has 0 saturated carbocycles. The van der Waals surface area contributed by atoms with Gasteiger partial charge >= 0.3 is 12.1 Å². The van der Waals surface area contributed by atoms with Crippen LogP contribution in [0.1, 0.15) is 27.6 Å². The number of anilines is 1. The van der Waals surface area contributed by atoms with Crippen LogP contribution < -0.4 is 14.8 Å². The lowest BCUT2D eigenvalue weighted by Crippen LogP contribution is -2.26. The number of alkyl halides is 3. The van der Waals surface area contributed by atoms with Crippen molar-refractivity contribution in [3.8, 4) is 11.5 Å². The SMILES string of the molecule is O=C(OC(C(=O)Nc1cc(C(F)(F)F)ccc1Cl)c1ccccc1)c1ccc2c(c1)OCCO2. The monoisotopic (exact) mass is 491 g/mol. The molecular formula is C24H17ClF3NO5. The van der Waals surface area contributed by atoms with E-state index >= 15 is 0 Å². The molecular weight excluding hydrogens is 475 g/mol. The Morgan fingerprint density at radius 1 is 0.941 bits per heavy atom. The number of benzene rings is 3. The molecule has 3 aromatic rings. The van der Waals surface area contributed by atoms with Gasteiger partial charge in [-0.15, -0.1) is 0 Å². The third-order valence-electron chi connectivity index (χ3n) is 4.89. The number of halogens is 4. The van der Waals surface area contributed by atoms with Crippen LogP contribution in [0.3, 0.4) is 0 Å². The van der Waals surface area contributed by atoms with Gasteiger partial charge in [-0.05, 0) is 36.4 Å². The number of carbonyl (C=O) groups excluding carboxylic acids is 2. The Bertz CT molecular complexity index is 1220. The molecule has 0 radical (unpaired) electrons. The van der Waals surface area contributed by atoms with E-state index in [1.807, 2.05) is 0 Å². The molecule has 0 aliphatic carbocycles. The predicted molar refractivity (Wildman–Crippen MR) is 117 cm³/mol. The largest absolute Gasteiger partial charge is 0.486 e. The van der Waals surface area contributed by atoms with Crippen LogP contribution in [0.4, 0.5) is 18.9 Å². The van der Waals surface area contributed by atoms with Crippen LogP contribution in [-0.2, 0) is 15.7 Å². The third kappa shape index (κ3) is 5.26. The molecule has 1 unspecified atom stereocenters. The van der Waals surface area contributed by atoms with E-state index in [0.29, 0.717) is 36.3 Å². The van der Waals surface area contributed by atoms with Crippen LogP contribution in [0.5, 0.6) is 11.5 Å². The first-order valence-corrected chi connectivity index (χ1v) is 10.4. The summed E-state index contributed by atoms with van der Waals surface area (Å²) in [6.07, 6.45) is -6.10. The quantitative estimate of drug-likeness (QED) is 0.466. The average molecular weight is 492 g/mol. The fourth-order valence-corrected chi connectivity index (χ4v) is 3.41. The topological polar surface area (TPSA) is 73.9 Å². The lowest BCUT2D eigenvalue weighted by molar-refractivity contribution is -0.137. The fraction of sp³-hybridized carbons (Fsp3) is 0.167. The highest BCUT2D eigenvalue weighted by Gasteiger charge is 2.32. The van der Waals surface area contributed by atoms with E-state index in [-0.39, 0.29) is 16.3 Å². The number of esters is 1. The maximum atomic E-state index is 13.1. The molecule has 10 heteroatoms. The van der Waals surface area contributed by atoms with Crippen molar-refractivity contribution in [2.24, 2.45) is 0 Å². The molecule has 6 nitrogen and oxygen atoms in total. The molecule has 0 saturated heterocycles. The molecule has 0 spiro atoms. The second-order valence-electron chi connectivity index (χ2n) is 7.24. The lowest BCUT2D eigenvalue weighted by atomic mass is 10.1. The highest BCUT2D eigenvalue weighted by atomic mass is 35.5. The minimum Gasteiger partial charge on any atom is -0.486 e. The van der Waals surface area contributed by atoms with Crippen molar-refractivity contribution in [3.63, 3.8) is 0 Å². The molecule has 1 heterocycles. The molecule has 0 aromatic heterocycles. The molecule has 1 aliphatic rings. The molecule has 1 aliphatic heterocycles. The van der Waals surface area contributed by atoms with Crippen LogP contribution in [-0.4, -0.2) is 25.1 Å². The van der Waals surface area contributed by atoms with Gasteiger partial charge in [-0.1, -0.05) is 41.9 Å². The number of hydrogen-bond acceptors (Lipinski definition) is 5. The summed E-state index contributed by atoms with van der Waals surface area (Å²) < 4.78 is 55.6. The van der Waals surface area contributed by atoms with Gasteiger partial charge < -0.3 is 19.5 Å². The maximum absolute atomic E-state index is 13.1. The first-order chi connectivity index (χ1) is 16.2. The Labute approximate surface area is 197 Å². The van der Waals surface area contributed by atoms with E-state index in [9.17, 15) is 22.8 Å². The van der Waals surface area contributed by atoms with Crippen LogP contribution in [0.2, 0.25) is 5.02 Å². The van der Waals surface area contributed by atoms with E-state index in [4.69, 9.17) is 25.8 Å². The van der Waals surface area contributed by atoms with Gasteiger partial charge in [0.25, 0.3) is 5.91 Å². The van der Waals surface area contributed by atoms with E-state index in [1.54, 1.807) is 36.4 Å². The van der Waals surface area contributed by atoms with Gasteiger partial charge in [-0.25, -0.2) is 4.79 Å². The van der Waals surface area contributed by atoms with Crippen molar-refractivity contribution < 1.29 is 37.0 Å². The zero-order valence-corrected chi connectivity index (χ0v) is 18.2. The lowest BCUT2D eigenvalue weighted by Gasteiger charge is -2.21. The van der Waals surface area contributed by atoms with E-state index in [1.165, 1.54) is 12.1 Å². The summed E-state index contributed by atoms with van der Waals surface area (Å²) in [6.45, 7) is 0.698. The number of fused-ring (bicyclic) bond motifs is 1. The highest BCUT2D eigenvalue weighted by molar-refractivity contribution is 6.33. The Kier molecular flexibility index (Phi) is 6.65. The third-order valence-corrected chi connectivity index (χ3v) is 5.22. The van der Waals surface area contributed by atoms with Crippen LogP contribution >= 0.6 is 11.6 Å². The fourth-order valence-electron chi connectivity index (χ4n) is 3.24. The van der Waals surface area contributed by atoms with Crippen molar-refractivity contribution >= 4 is 29.2 Å². The number of ether oxygens (including phenoxy) is 3. The zero-order chi connectivity index (χ0) is 24.3. The normalized spacial score (nSPS) is 13.6. The van der Waals surface area contributed by atoms with Gasteiger partial charge in [0.05, 0.1) is 21.8 Å². The Morgan fingerprint density at radius 2 is 1.65 bits per heavy atom. The van der Waals surface area contributed by atoms with E-state index in [2.05, 4.69) is 5.32 Å². The predicted octanol–water partition coefficient (Wildman–Crippen LogP) is 5.67. The van der Waals surface area contributed by atoms with Crippen LogP contribution in [0.15, 0.2) is 66.7 Å². The Hall–Kier alpha value is -3.72. The standard InChI is InChI=1S/C24H17ClF3NO5/c25-17-8-7-16(24(26,27)28)13-18(17)29-22(30)21(14-4-2-1-3-5-14)34-23(31)15-6-9-19-20(12-15)33-11-10-32-19/h1-9,12-13,21H,10-11H2,(H,29,30). The molecule has 3 aromatic carbocycles. The summed E-state index contributed by atoms with van der Waals surface area (Å²) in [5.74, 6) is -0.883. The second-order valence-corrected chi connectivity index (χ2v) is 7.64. The van der Waals surface area contributed by atoms with Crippen molar-refractivity contribution in [2.45, 2.75) is 12.3 Å². The Morgan fingerprint density at radius 3 is 2.35 bits per heavy atom. The van der Waals surface area contributed by atoms with Gasteiger partial charge in [-0.3, -0.25) is 4.79 Å². The van der Waals surface area contributed by atoms with Gasteiger partial charge in [0.1, 0.15) is 13.2 Å². The molecule has 4 rings (SSSR count). The molecule has 1 amide bonds. The zero-order valence-electron chi connectivity index (χ0n) is 17.4. The highest BCUT2D eigenvalue weighted by Crippen LogP contribution is 2.35. The average Bonchev–Trinajstić information content (AvgIpc) is 2.83. The number of rotatable bonds is 5. The summed E-state index contributed by atoms with van der Waals surface area (Å²) in [4.78, 5) is 25.9.